The molecule has 0 saturated carbocycles. The number of hydrogen-bond acceptors (Lipinski definition) is 5. The van der Waals surface area contributed by atoms with Gasteiger partial charge in [0.05, 0.1) is 12.8 Å². The van der Waals surface area contributed by atoms with Crippen molar-refractivity contribution in [1.82, 2.24) is 9.47 Å². The molecule has 1 N–H and O–H groups in total. The van der Waals surface area contributed by atoms with E-state index in [1.54, 1.807) is 36.4 Å². The molecule has 3 aromatic rings. The summed E-state index contributed by atoms with van der Waals surface area (Å²) in [5, 5.41) is 9.84. The number of benzene rings is 1. The summed E-state index contributed by atoms with van der Waals surface area (Å²) in [7, 11) is 0. The van der Waals surface area contributed by atoms with Crippen molar-refractivity contribution in [2.45, 2.75) is 39.7 Å². The second kappa shape index (κ2) is 9.60. The molecule has 34 heavy (non-hydrogen) atoms. The van der Waals surface area contributed by atoms with Gasteiger partial charge in [0.25, 0.3) is 11.5 Å². The molecule has 0 spiro atoms. The highest BCUT2D eigenvalue weighted by Gasteiger charge is 2.35. The highest BCUT2D eigenvalue weighted by atomic mass is 35.5. The molecule has 0 radical (unpaired) electrons. The Morgan fingerprint density at radius 3 is 2.56 bits per heavy atom. The first-order valence-electron chi connectivity index (χ1n) is 11.2. The van der Waals surface area contributed by atoms with Crippen LogP contribution < -0.4 is 5.56 Å². The Kier molecular flexibility index (Phi) is 6.77. The zero-order chi connectivity index (χ0) is 24.5. The minimum absolute atomic E-state index is 0.0914. The molecule has 178 valence electrons. The fourth-order valence-electron chi connectivity index (χ4n) is 4.41. The summed E-state index contributed by atoms with van der Waals surface area (Å²) in [6.07, 6.45) is 2.70. The molecular weight excluding hydrogens is 456 g/mol. The molecule has 0 unspecified atom stereocenters. The number of ketones is 1. The minimum Gasteiger partial charge on any atom is -0.467 e. The SMILES string of the molecule is CC1(C)CC(=O)c2cc(C(=O)N(CCCO)Cc3ccco3)c(=O)n(-c3ccc(Cl)cc3)c2C1. The third-order valence-electron chi connectivity index (χ3n) is 6.00. The maximum absolute atomic E-state index is 13.8. The average molecular weight is 483 g/mol. The van der Waals surface area contributed by atoms with Crippen molar-refractivity contribution in [1.29, 1.82) is 0 Å². The lowest BCUT2D eigenvalue weighted by atomic mass is 9.75. The van der Waals surface area contributed by atoms with Crippen LogP contribution in [0.5, 0.6) is 0 Å². The topological polar surface area (TPSA) is 92.8 Å². The summed E-state index contributed by atoms with van der Waals surface area (Å²) in [6.45, 7) is 4.25. The molecule has 0 atom stereocenters. The monoisotopic (exact) mass is 482 g/mol. The molecule has 0 aliphatic heterocycles. The summed E-state index contributed by atoms with van der Waals surface area (Å²) >= 11 is 6.06. The number of furan rings is 1. The molecule has 1 aliphatic rings. The summed E-state index contributed by atoms with van der Waals surface area (Å²) in [5.41, 5.74) is 0.619. The first kappa shape index (κ1) is 24.0. The van der Waals surface area contributed by atoms with E-state index in [0.29, 0.717) is 47.0 Å². The van der Waals surface area contributed by atoms with Crippen LogP contribution in [0, 0.1) is 5.41 Å². The van der Waals surface area contributed by atoms with Gasteiger partial charge >= 0.3 is 0 Å². The van der Waals surface area contributed by atoms with Gasteiger partial charge in [0, 0.05) is 41.5 Å². The molecular formula is C26H27ClN2O5. The zero-order valence-electron chi connectivity index (χ0n) is 19.2. The molecule has 1 aliphatic carbocycles. The second-order valence-electron chi connectivity index (χ2n) is 9.36. The number of aliphatic hydroxyl groups excluding tert-OH is 1. The Bertz CT molecular complexity index is 1260. The van der Waals surface area contributed by atoms with Crippen molar-refractivity contribution < 1.29 is 19.1 Å². The molecule has 0 saturated heterocycles. The van der Waals surface area contributed by atoms with E-state index in [1.807, 2.05) is 13.8 Å². The number of aliphatic hydroxyl groups is 1. The Morgan fingerprint density at radius 1 is 1.18 bits per heavy atom. The van der Waals surface area contributed by atoms with Gasteiger partial charge in [0.1, 0.15) is 11.3 Å². The number of fused-ring (bicyclic) bond motifs is 1. The molecule has 0 bridgehead atoms. The Hall–Kier alpha value is -3.16. The van der Waals surface area contributed by atoms with Gasteiger partial charge in [-0.1, -0.05) is 25.4 Å². The van der Waals surface area contributed by atoms with Gasteiger partial charge in [-0.3, -0.25) is 19.0 Å². The summed E-state index contributed by atoms with van der Waals surface area (Å²) in [6, 6.07) is 11.7. The molecule has 8 heteroatoms. The van der Waals surface area contributed by atoms with Crippen molar-refractivity contribution in [3.05, 3.63) is 86.7 Å². The third kappa shape index (κ3) is 4.86. The summed E-state index contributed by atoms with van der Waals surface area (Å²) < 4.78 is 6.86. The summed E-state index contributed by atoms with van der Waals surface area (Å²) in [5.74, 6) is -0.0611. The lowest BCUT2D eigenvalue weighted by Crippen LogP contribution is -2.40. The van der Waals surface area contributed by atoms with E-state index in [0.717, 1.165) is 0 Å². The lowest BCUT2D eigenvalue weighted by Gasteiger charge is -2.32. The Morgan fingerprint density at radius 2 is 1.91 bits per heavy atom. The van der Waals surface area contributed by atoms with E-state index in [2.05, 4.69) is 0 Å². The second-order valence-corrected chi connectivity index (χ2v) is 9.80. The molecule has 4 rings (SSSR count). The maximum Gasteiger partial charge on any atom is 0.268 e. The first-order chi connectivity index (χ1) is 16.2. The van der Waals surface area contributed by atoms with Crippen LogP contribution in [0.1, 0.15) is 58.9 Å². The van der Waals surface area contributed by atoms with Crippen LogP contribution in [0.3, 0.4) is 0 Å². The molecule has 1 amide bonds. The number of pyridine rings is 1. The number of amides is 1. The minimum atomic E-state index is -0.516. The third-order valence-corrected chi connectivity index (χ3v) is 6.26. The van der Waals surface area contributed by atoms with E-state index >= 15 is 0 Å². The maximum atomic E-state index is 13.8. The number of halogens is 1. The summed E-state index contributed by atoms with van der Waals surface area (Å²) in [4.78, 5) is 42.0. The van der Waals surface area contributed by atoms with Gasteiger partial charge in [-0.25, -0.2) is 0 Å². The number of aromatic nitrogens is 1. The smallest absolute Gasteiger partial charge is 0.268 e. The zero-order valence-corrected chi connectivity index (χ0v) is 20.0. The first-order valence-corrected chi connectivity index (χ1v) is 11.6. The van der Waals surface area contributed by atoms with Gasteiger partial charge in [-0.05, 0) is 60.7 Å². The number of hydrogen-bond donors (Lipinski definition) is 1. The van der Waals surface area contributed by atoms with E-state index < -0.39 is 11.5 Å². The largest absolute Gasteiger partial charge is 0.467 e. The Balaban J connectivity index is 1.87. The van der Waals surface area contributed by atoms with Crippen molar-refractivity contribution in [2.24, 2.45) is 5.41 Å². The van der Waals surface area contributed by atoms with Gasteiger partial charge in [-0.2, -0.15) is 0 Å². The fraction of sp³-hybridized carbons (Fsp3) is 0.346. The predicted octanol–water partition coefficient (Wildman–Crippen LogP) is 4.26. The number of nitrogens with zero attached hydrogens (tertiary/aromatic N) is 2. The molecule has 0 fully saturated rings. The van der Waals surface area contributed by atoms with E-state index in [9.17, 15) is 19.5 Å². The Labute approximate surface area is 202 Å². The number of Topliss-reactive ketones (excluding diaryl/α,β-unsaturated/α-hetero) is 1. The van der Waals surface area contributed by atoms with E-state index in [-0.39, 0.29) is 36.5 Å². The normalized spacial score (nSPS) is 14.6. The van der Waals surface area contributed by atoms with Gasteiger partial charge in [-0.15, -0.1) is 0 Å². The molecule has 2 heterocycles. The van der Waals surface area contributed by atoms with Gasteiger partial charge < -0.3 is 14.4 Å². The molecule has 1 aromatic carbocycles. The van der Waals surface area contributed by atoms with Crippen LogP contribution >= 0.6 is 11.6 Å². The van der Waals surface area contributed by atoms with Crippen molar-refractivity contribution in [3.8, 4) is 5.69 Å². The average Bonchev–Trinajstić information content (AvgIpc) is 3.29. The van der Waals surface area contributed by atoms with Crippen LogP contribution in [0.15, 0.2) is 57.9 Å². The van der Waals surface area contributed by atoms with E-state index in [1.165, 1.54) is 21.8 Å². The highest BCUT2D eigenvalue weighted by molar-refractivity contribution is 6.30. The number of rotatable bonds is 7. The van der Waals surface area contributed by atoms with Gasteiger partial charge in [0.15, 0.2) is 5.78 Å². The number of carbonyl (C=O) groups is 2. The van der Waals surface area contributed by atoms with Crippen LogP contribution in [-0.4, -0.2) is 39.4 Å². The van der Waals surface area contributed by atoms with Crippen molar-refractivity contribution >= 4 is 23.3 Å². The standard InChI is InChI=1S/C26H27ClN2O5/c1-26(2)14-22-20(23(31)15-26)13-21(25(33)29(22)18-8-6-17(27)7-9-18)24(32)28(10-4-11-30)16-19-5-3-12-34-19/h3,5-9,12-13,30H,4,10-11,14-16H2,1-2H3. The molecule has 7 nitrogen and oxygen atoms in total. The van der Waals surface area contributed by atoms with Crippen LogP contribution in [0.2, 0.25) is 5.02 Å². The van der Waals surface area contributed by atoms with Crippen LogP contribution in [0.4, 0.5) is 0 Å². The highest BCUT2D eigenvalue weighted by Crippen LogP contribution is 2.35. The van der Waals surface area contributed by atoms with Crippen LogP contribution in [-0.2, 0) is 13.0 Å². The number of carbonyl (C=O) groups excluding carboxylic acids is 2. The van der Waals surface area contributed by atoms with Crippen LogP contribution in [0.25, 0.3) is 5.69 Å². The fourth-order valence-corrected chi connectivity index (χ4v) is 4.53. The quantitative estimate of drug-likeness (QED) is 0.543. The predicted molar refractivity (Wildman–Crippen MR) is 129 cm³/mol. The molecule has 2 aromatic heterocycles. The van der Waals surface area contributed by atoms with Gasteiger partial charge in [0.2, 0.25) is 0 Å². The van der Waals surface area contributed by atoms with Crippen molar-refractivity contribution in [2.75, 3.05) is 13.2 Å². The van der Waals surface area contributed by atoms with E-state index in [4.69, 9.17) is 16.0 Å². The lowest BCUT2D eigenvalue weighted by molar-refractivity contribution is 0.0717. The van der Waals surface area contributed by atoms with Crippen molar-refractivity contribution in [3.63, 3.8) is 0 Å².